The zero-order chi connectivity index (χ0) is 22.1. The third-order valence-electron chi connectivity index (χ3n) is 5.52. The Labute approximate surface area is 185 Å². The molecule has 0 saturated carbocycles. The van der Waals surface area contributed by atoms with E-state index in [0.29, 0.717) is 12.2 Å². The van der Waals surface area contributed by atoms with Gasteiger partial charge >= 0.3 is 0 Å². The Balaban J connectivity index is 1.61. The second kappa shape index (κ2) is 8.19. The molecule has 0 bridgehead atoms. The summed E-state index contributed by atoms with van der Waals surface area (Å²) in [4.78, 5) is 12.5. The fourth-order valence-corrected chi connectivity index (χ4v) is 3.95. The lowest BCUT2D eigenvalue weighted by molar-refractivity contribution is -0.130. The smallest absolute Gasteiger partial charge is 0.240 e. The molecular weight excluding hydrogens is 404 g/mol. The van der Waals surface area contributed by atoms with Crippen LogP contribution in [0.1, 0.15) is 30.7 Å². The van der Waals surface area contributed by atoms with Crippen LogP contribution in [-0.4, -0.2) is 33.5 Å². The summed E-state index contributed by atoms with van der Waals surface area (Å²) in [6.45, 7) is 1.52. The molecule has 4 aromatic rings. The Morgan fingerprint density at radius 2 is 1.84 bits per heavy atom. The average Bonchev–Trinajstić information content (AvgIpc) is 3.58. The van der Waals surface area contributed by atoms with E-state index >= 15 is 0 Å². The summed E-state index contributed by atoms with van der Waals surface area (Å²) < 4.78 is 12.7. The Bertz CT molecular complexity index is 1260. The molecule has 1 aliphatic rings. The van der Waals surface area contributed by atoms with Gasteiger partial charge in [0.15, 0.2) is 0 Å². The summed E-state index contributed by atoms with van der Waals surface area (Å²) in [5.41, 5.74) is 4.32. The number of ether oxygens (including phenoxy) is 1. The monoisotopic (exact) mass is 426 g/mol. The van der Waals surface area contributed by atoms with Gasteiger partial charge in [0, 0.05) is 30.7 Å². The van der Waals surface area contributed by atoms with Gasteiger partial charge in [-0.05, 0) is 48.5 Å². The first-order valence-electron chi connectivity index (χ1n) is 10.3. The number of benzene rings is 2. The van der Waals surface area contributed by atoms with Crippen LogP contribution in [0.15, 0.2) is 88.7 Å². The number of hydrogen-bond acceptors (Lipinski definition) is 5. The lowest BCUT2D eigenvalue weighted by atomic mass is 9.98. The van der Waals surface area contributed by atoms with E-state index in [4.69, 9.17) is 14.3 Å². The van der Waals surface area contributed by atoms with Gasteiger partial charge < -0.3 is 9.15 Å². The van der Waals surface area contributed by atoms with E-state index in [1.807, 2.05) is 77.6 Å². The number of rotatable bonds is 5. The number of carbonyl (C=O) groups excluding carboxylic acids is 1. The third kappa shape index (κ3) is 3.58. The molecule has 7 heteroatoms. The lowest BCUT2D eigenvalue weighted by Gasteiger charge is -2.20. The minimum atomic E-state index is -0.290. The normalized spacial score (nSPS) is 15.6. The fraction of sp³-hybridized carbons (Fsp3) is 0.160. The maximum atomic E-state index is 12.5. The van der Waals surface area contributed by atoms with Crippen molar-refractivity contribution >= 4 is 11.6 Å². The molecule has 160 valence electrons. The van der Waals surface area contributed by atoms with Gasteiger partial charge in [-0.1, -0.05) is 18.2 Å². The summed E-state index contributed by atoms with van der Waals surface area (Å²) >= 11 is 0. The van der Waals surface area contributed by atoms with E-state index in [1.165, 1.54) is 11.9 Å². The van der Waals surface area contributed by atoms with Crippen molar-refractivity contribution in [2.45, 2.75) is 19.4 Å². The van der Waals surface area contributed by atoms with Crippen molar-refractivity contribution in [3.8, 4) is 22.7 Å². The standard InChI is InChI=1S/C25H22N4O3/c1-17(30)29-23(15-22(26-29)24-9-6-14-32-24)21-16-28(19-7-4-3-5-8-19)27-25(21)18-10-12-20(31-2)13-11-18/h3-14,16,23H,15H2,1-2H3/t23-/m1/s1. The predicted octanol–water partition coefficient (Wildman–Crippen LogP) is 4.84. The molecular formula is C25H22N4O3. The maximum Gasteiger partial charge on any atom is 0.240 e. The highest BCUT2D eigenvalue weighted by Gasteiger charge is 2.35. The molecule has 0 aliphatic carbocycles. The third-order valence-corrected chi connectivity index (χ3v) is 5.52. The molecule has 2 aromatic carbocycles. The molecule has 1 aliphatic heterocycles. The van der Waals surface area contributed by atoms with Crippen molar-refractivity contribution in [2.75, 3.05) is 7.11 Å². The molecule has 3 heterocycles. The van der Waals surface area contributed by atoms with Crippen LogP contribution in [0.2, 0.25) is 0 Å². The van der Waals surface area contributed by atoms with Crippen LogP contribution in [0.25, 0.3) is 16.9 Å². The SMILES string of the molecule is COc1ccc(-c2nn(-c3ccccc3)cc2[C@H]2CC(c3ccco3)=NN2C(C)=O)cc1. The van der Waals surface area contributed by atoms with Gasteiger partial charge in [-0.2, -0.15) is 10.2 Å². The van der Waals surface area contributed by atoms with Crippen LogP contribution < -0.4 is 4.74 Å². The summed E-state index contributed by atoms with van der Waals surface area (Å²) in [5, 5.41) is 11.0. The molecule has 5 rings (SSSR count). The quantitative estimate of drug-likeness (QED) is 0.458. The van der Waals surface area contributed by atoms with Crippen LogP contribution in [0.5, 0.6) is 5.75 Å². The number of carbonyl (C=O) groups is 1. The van der Waals surface area contributed by atoms with E-state index in [-0.39, 0.29) is 11.9 Å². The van der Waals surface area contributed by atoms with Crippen molar-refractivity contribution in [1.82, 2.24) is 14.8 Å². The molecule has 32 heavy (non-hydrogen) atoms. The largest absolute Gasteiger partial charge is 0.497 e. The van der Waals surface area contributed by atoms with Crippen LogP contribution in [0.4, 0.5) is 0 Å². The zero-order valence-electron chi connectivity index (χ0n) is 17.8. The molecule has 0 fully saturated rings. The second-order valence-corrected chi connectivity index (χ2v) is 7.55. The molecule has 0 saturated heterocycles. The number of hydrogen-bond donors (Lipinski definition) is 0. The number of nitrogens with zero attached hydrogens (tertiary/aromatic N) is 4. The highest BCUT2D eigenvalue weighted by Crippen LogP contribution is 2.38. The van der Waals surface area contributed by atoms with Gasteiger partial charge in [0.05, 0.1) is 30.8 Å². The highest BCUT2D eigenvalue weighted by atomic mass is 16.5. The Kier molecular flexibility index (Phi) is 5.07. The van der Waals surface area contributed by atoms with Crippen molar-refractivity contribution < 1.29 is 13.9 Å². The van der Waals surface area contributed by atoms with E-state index < -0.39 is 0 Å². The van der Waals surface area contributed by atoms with Crippen LogP contribution >= 0.6 is 0 Å². The first-order chi connectivity index (χ1) is 15.6. The first-order valence-corrected chi connectivity index (χ1v) is 10.3. The van der Waals surface area contributed by atoms with Gasteiger partial charge in [-0.15, -0.1) is 0 Å². The average molecular weight is 426 g/mol. The summed E-state index contributed by atoms with van der Waals surface area (Å²) in [5.74, 6) is 1.30. The van der Waals surface area contributed by atoms with E-state index in [2.05, 4.69) is 5.10 Å². The number of methoxy groups -OCH3 is 1. The zero-order valence-corrected chi connectivity index (χ0v) is 17.8. The summed E-state index contributed by atoms with van der Waals surface area (Å²) in [6, 6.07) is 21.1. The van der Waals surface area contributed by atoms with E-state index in [0.717, 1.165) is 34.0 Å². The van der Waals surface area contributed by atoms with Gasteiger partial charge in [0.1, 0.15) is 17.2 Å². The minimum Gasteiger partial charge on any atom is -0.497 e. The van der Waals surface area contributed by atoms with Crippen molar-refractivity contribution in [2.24, 2.45) is 5.10 Å². The van der Waals surface area contributed by atoms with Crippen molar-refractivity contribution in [3.05, 3.63) is 90.5 Å². The minimum absolute atomic E-state index is 0.135. The summed E-state index contributed by atoms with van der Waals surface area (Å²) in [7, 11) is 1.64. The van der Waals surface area contributed by atoms with E-state index in [1.54, 1.807) is 13.4 Å². The Morgan fingerprint density at radius 3 is 2.50 bits per heavy atom. The number of furan rings is 1. The Morgan fingerprint density at radius 1 is 1.06 bits per heavy atom. The number of amides is 1. The molecule has 0 radical (unpaired) electrons. The topological polar surface area (TPSA) is 72.9 Å². The number of para-hydroxylation sites is 1. The lowest BCUT2D eigenvalue weighted by Crippen LogP contribution is -2.24. The van der Waals surface area contributed by atoms with Crippen molar-refractivity contribution in [3.63, 3.8) is 0 Å². The highest BCUT2D eigenvalue weighted by molar-refractivity contribution is 6.01. The van der Waals surface area contributed by atoms with Gasteiger partial charge in [-0.3, -0.25) is 4.79 Å². The van der Waals surface area contributed by atoms with Gasteiger partial charge in [0.25, 0.3) is 0 Å². The molecule has 0 spiro atoms. The summed E-state index contributed by atoms with van der Waals surface area (Å²) in [6.07, 6.45) is 4.13. The van der Waals surface area contributed by atoms with Crippen LogP contribution in [0, 0.1) is 0 Å². The second-order valence-electron chi connectivity index (χ2n) is 7.55. The molecule has 1 amide bonds. The molecule has 2 aromatic heterocycles. The molecule has 7 nitrogen and oxygen atoms in total. The molecule has 0 N–H and O–H groups in total. The number of aromatic nitrogens is 2. The fourth-order valence-electron chi connectivity index (χ4n) is 3.95. The predicted molar refractivity (Wildman–Crippen MR) is 121 cm³/mol. The van der Waals surface area contributed by atoms with Crippen LogP contribution in [0.3, 0.4) is 0 Å². The Hall–Kier alpha value is -4.13. The van der Waals surface area contributed by atoms with Crippen LogP contribution in [-0.2, 0) is 4.79 Å². The van der Waals surface area contributed by atoms with Gasteiger partial charge in [0.2, 0.25) is 5.91 Å². The first kappa shape index (κ1) is 19.8. The van der Waals surface area contributed by atoms with Gasteiger partial charge in [-0.25, -0.2) is 9.69 Å². The molecule has 1 atom stereocenters. The van der Waals surface area contributed by atoms with Crippen molar-refractivity contribution in [1.29, 1.82) is 0 Å². The van der Waals surface area contributed by atoms with E-state index in [9.17, 15) is 4.79 Å². The molecule has 0 unspecified atom stereocenters. The maximum absolute atomic E-state index is 12.5. The number of hydrazone groups is 1.